The van der Waals surface area contributed by atoms with E-state index in [0.717, 1.165) is 38.6 Å². The van der Waals surface area contributed by atoms with Crippen LogP contribution in [0, 0.1) is 0 Å². The highest BCUT2D eigenvalue weighted by Gasteiger charge is 2.18. The fraction of sp³-hybridized carbons (Fsp3) is 0.381. The van der Waals surface area contributed by atoms with Crippen LogP contribution in [0.25, 0.3) is 0 Å². The molecule has 3 rings (SSSR count). The van der Waals surface area contributed by atoms with E-state index < -0.39 is 0 Å². The van der Waals surface area contributed by atoms with Crippen LogP contribution in [0.3, 0.4) is 0 Å². The third-order valence-electron chi connectivity index (χ3n) is 4.58. The zero-order valence-corrected chi connectivity index (χ0v) is 15.5. The van der Waals surface area contributed by atoms with Crippen LogP contribution in [0.15, 0.2) is 53.5 Å². The van der Waals surface area contributed by atoms with Gasteiger partial charge in [-0.15, -0.1) is 0 Å². The van der Waals surface area contributed by atoms with Crippen molar-refractivity contribution < 1.29 is 0 Å². The van der Waals surface area contributed by atoms with Gasteiger partial charge < -0.3 is 15.1 Å². The number of benzene rings is 2. The summed E-state index contributed by atoms with van der Waals surface area (Å²) < 4.78 is 0. The summed E-state index contributed by atoms with van der Waals surface area (Å²) in [5, 5.41) is 3.53. The molecule has 1 N–H and O–H groups in total. The monoisotopic (exact) mass is 336 g/mol. The number of guanidine groups is 1. The zero-order chi connectivity index (χ0) is 17.6. The van der Waals surface area contributed by atoms with E-state index in [9.17, 15) is 0 Å². The van der Waals surface area contributed by atoms with E-state index in [1.165, 1.54) is 22.3 Å². The molecule has 0 saturated heterocycles. The average Bonchev–Trinajstić information content (AvgIpc) is 2.62. The first kappa shape index (κ1) is 17.5. The summed E-state index contributed by atoms with van der Waals surface area (Å²) in [6, 6.07) is 17.5. The minimum Gasteiger partial charge on any atom is -0.352 e. The van der Waals surface area contributed by atoms with Crippen molar-refractivity contribution in [3.8, 4) is 0 Å². The van der Waals surface area contributed by atoms with Crippen molar-refractivity contribution in [3.63, 3.8) is 0 Å². The molecular weight excluding hydrogens is 308 g/mol. The van der Waals surface area contributed by atoms with Gasteiger partial charge in [0.05, 0.1) is 0 Å². The number of rotatable bonds is 4. The summed E-state index contributed by atoms with van der Waals surface area (Å²) in [6.45, 7) is 3.70. The van der Waals surface area contributed by atoms with E-state index in [1.807, 2.05) is 7.05 Å². The molecule has 2 aromatic rings. The molecule has 0 atom stereocenters. The Bertz CT molecular complexity index is 736. The summed E-state index contributed by atoms with van der Waals surface area (Å²) in [6.07, 6.45) is 1.08. The van der Waals surface area contributed by atoms with Gasteiger partial charge in [-0.1, -0.05) is 48.5 Å². The molecule has 0 aromatic heterocycles. The van der Waals surface area contributed by atoms with Gasteiger partial charge in [0.1, 0.15) is 0 Å². The van der Waals surface area contributed by atoms with Gasteiger partial charge in [0.2, 0.25) is 0 Å². The third kappa shape index (κ3) is 4.60. The van der Waals surface area contributed by atoms with Crippen LogP contribution >= 0.6 is 0 Å². The van der Waals surface area contributed by atoms with Crippen LogP contribution in [-0.2, 0) is 26.1 Å². The van der Waals surface area contributed by atoms with Crippen LogP contribution in [0.5, 0.6) is 0 Å². The van der Waals surface area contributed by atoms with Crippen molar-refractivity contribution in [2.75, 3.05) is 27.7 Å². The molecule has 4 nitrogen and oxygen atoms in total. The normalized spacial score (nSPS) is 14.6. The van der Waals surface area contributed by atoms with Crippen LogP contribution in [0.2, 0.25) is 0 Å². The zero-order valence-electron chi connectivity index (χ0n) is 15.5. The van der Waals surface area contributed by atoms with Crippen molar-refractivity contribution in [2.45, 2.75) is 26.1 Å². The number of fused-ring (bicyclic) bond motifs is 1. The smallest absolute Gasteiger partial charge is 0.194 e. The van der Waals surface area contributed by atoms with E-state index in [-0.39, 0.29) is 0 Å². The Morgan fingerprint density at radius 2 is 1.84 bits per heavy atom. The average molecular weight is 336 g/mol. The molecule has 4 heteroatoms. The van der Waals surface area contributed by atoms with E-state index >= 15 is 0 Å². The highest BCUT2D eigenvalue weighted by atomic mass is 15.3. The molecule has 0 bridgehead atoms. The molecular formula is C21H28N4. The Labute approximate surface area is 151 Å². The third-order valence-corrected chi connectivity index (χ3v) is 4.58. The Morgan fingerprint density at radius 1 is 1.08 bits per heavy atom. The lowest BCUT2D eigenvalue weighted by Gasteiger charge is -2.31. The molecule has 1 aliphatic heterocycles. The van der Waals surface area contributed by atoms with Crippen LogP contribution in [0.1, 0.15) is 22.3 Å². The molecule has 132 valence electrons. The van der Waals surface area contributed by atoms with Gasteiger partial charge in [-0.05, 0) is 42.8 Å². The molecule has 0 spiro atoms. The predicted octanol–water partition coefficient (Wildman–Crippen LogP) is 2.88. The second-order valence-electron chi connectivity index (χ2n) is 6.90. The maximum atomic E-state index is 4.49. The molecule has 1 heterocycles. The highest BCUT2D eigenvalue weighted by molar-refractivity contribution is 5.80. The first-order valence-corrected chi connectivity index (χ1v) is 8.90. The largest absolute Gasteiger partial charge is 0.352 e. The lowest BCUT2D eigenvalue weighted by molar-refractivity contribution is 0.378. The Morgan fingerprint density at radius 3 is 2.60 bits per heavy atom. The quantitative estimate of drug-likeness (QED) is 0.688. The van der Waals surface area contributed by atoms with E-state index in [1.54, 1.807) is 0 Å². The van der Waals surface area contributed by atoms with E-state index in [0.29, 0.717) is 0 Å². The minimum absolute atomic E-state index is 0.798. The molecule has 25 heavy (non-hydrogen) atoms. The molecule has 0 aliphatic carbocycles. The Kier molecular flexibility index (Phi) is 5.71. The van der Waals surface area contributed by atoms with Gasteiger partial charge in [-0.25, -0.2) is 0 Å². The maximum Gasteiger partial charge on any atom is 0.194 e. The van der Waals surface area contributed by atoms with Gasteiger partial charge >= 0.3 is 0 Å². The summed E-state index contributed by atoms with van der Waals surface area (Å²) in [5.41, 5.74) is 5.50. The first-order valence-electron chi connectivity index (χ1n) is 8.90. The molecule has 0 unspecified atom stereocenters. The summed E-state index contributed by atoms with van der Waals surface area (Å²) in [7, 11) is 6.06. The number of hydrogen-bond acceptors (Lipinski definition) is 2. The summed E-state index contributed by atoms with van der Waals surface area (Å²) in [5.74, 6) is 0.979. The second-order valence-corrected chi connectivity index (χ2v) is 6.90. The molecule has 2 aromatic carbocycles. The number of hydrogen-bond donors (Lipinski definition) is 1. The lowest BCUT2D eigenvalue weighted by atomic mass is 10.0. The topological polar surface area (TPSA) is 30.9 Å². The van der Waals surface area contributed by atoms with Crippen molar-refractivity contribution in [3.05, 3.63) is 70.8 Å². The van der Waals surface area contributed by atoms with Crippen molar-refractivity contribution >= 4 is 5.96 Å². The Balaban J connectivity index is 1.62. The van der Waals surface area contributed by atoms with Crippen LogP contribution < -0.4 is 5.32 Å². The molecule has 0 radical (unpaired) electrons. The van der Waals surface area contributed by atoms with E-state index in [2.05, 4.69) is 82.7 Å². The fourth-order valence-electron chi connectivity index (χ4n) is 3.39. The minimum atomic E-state index is 0.798. The maximum absolute atomic E-state index is 4.49. The van der Waals surface area contributed by atoms with Crippen molar-refractivity contribution in [1.29, 1.82) is 0 Å². The lowest BCUT2D eigenvalue weighted by Crippen LogP contribution is -2.43. The second kappa shape index (κ2) is 8.17. The van der Waals surface area contributed by atoms with Gasteiger partial charge in [-0.3, -0.25) is 4.99 Å². The standard InChI is InChI=1S/C21H28N4/c1-22-21(25-12-11-19-9-4-5-10-20(19)16-25)23-14-17-7-6-8-18(13-17)15-24(2)3/h4-10,13H,11-12,14-16H2,1-3H3,(H,22,23). The van der Waals surface area contributed by atoms with Gasteiger partial charge in [-0.2, -0.15) is 0 Å². The van der Waals surface area contributed by atoms with Gasteiger partial charge in [0.25, 0.3) is 0 Å². The number of aliphatic imine (C=N–C) groups is 1. The van der Waals surface area contributed by atoms with Gasteiger partial charge in [0.15, 0.2) is 5.96 Å². The molecule has 0 saturated carbocycles. The Hall–Kier alpha value is -2.33. The summed E-state index contributed by atoms with van der Waals surface area (Å²) in [4.78, 5) is 9.02. The molecule has 1 aliphatic rings. The molecule has 0 fully saturated rings. The number of nitrogens with one attached hydrogen (secondary N) is 1. The van der Waals surface area contributed by atoms with Crippen molar-refractivity contribution in [1.82, 2.24) is 15.1 Å². The SMILES string of the molecule is CN=C(NCc1cccc(CN(C)C)c1)N1CCc2ccccc2C1. The van der Waals surface area contributed by atoms with Crippen LogP contribution in [-0.4, -0.2) is 43.4 Å². The van der Waals surface area contributed by atoms with Crippen molar-refractivity contribution in [2.24, 2.45) is 4.99 Å². The first-order chi connectivity index (χ1) is 12.2. The van der Waals surface area contributed by atoms with Gasteiger partial charge in [0, 0.05) is 33.2 Å². The predicted molar refractivity (Wildman–Crippen MR) is 105 cm³/mol. The van der Waals surface area contributed by atoms with Crippen LogP contribution in [0.4, 0.5) is 0 Å². The summed E-state index contributed by atoms with van der Waals surface area (Å²) >= 11 is 0. The fourth-order valence-corrected chi connectivity index (χ4v) is 3.39. The number of nitrogens with zero attached hydrogens (tertiary/aromatic N) is 3. The highest BCUT2D eigenvalue weighted by Crippen LogP contribution is 2.18. The molecule has 0 amide bonds. The van der Waals surface area contributed by atoms with E-state index in [4.69, 9.17) is 0 Å².